The van der Waals surface area contributed by atoms with Crippen molar-refractivity contribution in [3.63, 3.8) is 0 Å². The Hall–Kier alpha value is -2.13. The highest BCUT2D eigenvalue weighted by Crippen LogP contribution is 2.22. The van der Waals surface area contributed by atoms with Gasteiger partial charge in [0.2, 0.25) is 5.91 Å². The molecule has 1 unspecified atom stereocenters. The number of carbonyl (C=O) groups excluding carboxylic acids is 1. The minimum Gasteiger partial charge on any atom is -0.340 e. The largest absolute Gasteiger partial charge is 0.340 e. The van der Waals surface area contributed by atoms with Gasteiger partial charge in [-0.15, -0.1) is 0 Å². The third-order valence-electron chi connectivity index (χ3n) is 4.52. The lowest BCUT2D eigenvalue weighted by molar-refractivity contribution is -0.135. The molecular weight excluding hydrogens is 284 g/mol. The van der Waals surface area contributed by atoms with Gasteiger partial charge < -0.3 is 4.90 Å². The fourth-order valence-corrected chi connectivity index (χ4v) is 3.30. The first-order valence-corrected chi connectivity index (χ1v) is 8.31. The molecule has 2 aromatic carbocycles. The van der Waals surface area contributed by atoms with Crippen LogP contribution in [0.25, 0.3) is 0 Å². The molecule has 2 aromatic rings. The molecule has 1 aliphatic rings. The number of likely N-dealkylation sites (N-methyl/N-ethyl adjacent to an activating group) is 1. The van der Waals surface area contributed by atoms with Crippen LogP contribution in [-0.4, -0.2) is 35.3 Å². The number of nitrogens with zero attached hydrogens (tertiary/aromatic N) is 2. The molecule has 0 radical (unpaired) electrons. The van der Waals surface area contributed by atoms with E-state index in [0.717, 1.165) is 25.9 Å². The molecule has 0 aromatic heterocycles. The fourth-order valence-electron chi connectivity index (χ4n) is 3.30. The summed E-state index contributed by atoms with van der Waals surface area (Å²) in [6.45, 7) is 2.54. The van der Waals surface area contributed by atoms with E-state index in [1.165, 1.54) is 11.1 Å². The van der Waals surface area contributed by atoms with Crippen molar-refractivity contribution < 1.29 is 4.79 Å². The summed E-state index contributed by atoms with van der Waals surface area (Å²) in [4.78, 5) is 17.0. The van der Waals surface area contributed by atoms with Crippen molar-refractivity contribution in [3.8, 4) is 0 Å². The predicted molar refractivity (Wildman–Crippen MR) is 92.8 cm³/mol. The summed E-state index contributed by atoms with van der Waals surface area (Å²) in [5, 5.41) is 0. The summed E-state index contributed by atoms with van der Waals surface area (Å²) >= 11 is 0. The Bertz CT molecular complexity index is 627. The SMILES string of the molecule is CN(Cc1ccccc1)C(=O)C1CCCN1Cc1ccccc1. The quantitative estimate of drug-likeness (QED) is 0.846. The van der Waals surface area contributed by atoms with Crippen LogP contribution >= 0.6 is 0 Å². The van der Waals surface area contributed by atoms with E-state index in [1.807, 2.05) is 36.2 Å². The van der Waals surface area contributed by atoms with Gasteiger partial charge in [0.25, 0.3) is 0 Å². The average Bonchev–Trinajstić information content (AvgIpc) is 3.04. The lowest BCUT2D eigenvalue weighted by Crippen LogP contribution is -2.43. The first kappa shape index (κ1) is 15.8. The summed E-state index contributed by atoms with van der Waals surface area (Å²) in [5.74, 6) is 0.238. The van der Waals surface area contributed by atoms with E-state index in [-0.39, 0.29) is 11.9 Å². The van der Waals surface area contributed by atoms with Gasteiger partial charge in [-0.05, 0) is 30.5 Å². The Kier molecular flexibility index (Phi) is 5.09. The second kappa shape index (κ2) is 7.42. The van der Waals surface area contributed by atoms with Crippen molar-refractivity contribution in [1.29, 1.82) is 0 Å². The smallest absolute Gasteiger partial charge is 0.239 e. The fraction of sp³-hybridized carbons (Fsp3) is 0.350. The van der Waals surface area contributed by atoms with E-state index in [0.29, 0.717) is 6.54 Å². The van der Waals surface area contributed by atoms with Crippen molar-refractivity contribution in [2.75, 3.05) is 13.6 Å². The molecule has 0 aliphatic carbocycles. The molecular formula is C20H24N2O. The molecule has 23 heavy (non-hydrogen) atoms. The molecule has 1 heterocycles. The second-order valence-corrected chi connectivity index (χ2v) is 6.29. The average molecular weight is 308 g/mol. The molecule has 3 heteroatoms. The van der Waals surface area contributed by atoms with Gasteiger partial charge in [-0.1, -0.05) is 60.7 Å². The molecule has 0 N–H and O–H groups in total. The third-order valence-corrected chi connectivity index (χ3v) is 4.52. The van der Waals surface area contributed by atoms with E-state index >= 15 is 0 Å². The highest BCUT2D eigenvalue weighted by Gasteiger charge is 2.32. The second-order valence-electron chi connectivity index (χ2n) is 6.29. The minimum absolute atomic E-state index is 0.0175. The maximum atomic E-state index is 12.8. The summed E-state index contributed by atoms with van der Waals surface area (Å²) in [5.41, 5.74) is 2.45. The van der Waals surface area contributed by atoms with Crippen molar-refractivity contribution in [2.45, 2.75) is 32.0 Å². The van der Waals surface area contributed by atoms with Crippen LogP contribution in [0.3, 0.4) is 0 Å². The monoisotopic (exact) mass is 308 g/mol. The number of carbonyl (C=O) groups is 1. The van der Waals surface area contributed by atoms with Gasteiger partial charge in [-0.25, -0.2) is 0 Å². The van der Waals surface area contributed by atoms with Gasteiger partial charge in [0, 0.05) is 20.1 Å². The van der Waals surface area contributed by atoms with Crippen molar-refractivity contribution in [2.24, 2.45) is 0 Å². The van der Waals surface area contributed by atoms with Crippen LogP contribution in [0.15, 0.2) is 60.7 Å². The Morgan fingerprint density at radius 1 is 1.04 bits per heavy atom. The van der Waals surface area contributed by atoms with Crippen LogP contribution in [-0.2, 0) is 17.9 Å². The van der Waals surface area contributed by atoms with Gasteiger partial charge >= 0.3 is 0 Å². The number of amides is 1. The van der Waals surface area contributed by atoms with Crippen molar-refractivity contribution >= 4 is 5.91 Å². The number of hydrogen-bond donors (Lipinski definition) is 0. The molecule has 1 fully saturated rings. The molecule has 1 saturated heterocycles. The molecule has 1 aliphatic heterocycles. The van der Waals surface area contributed by atoms with E-state index in [2.05, 4.69) is 41.3 Å². The summed E-state index contributed by atoms with van der Waals surface area (Å²) in [6, 6.07) is 20.6. The van der Waals surface area contributed by atoms with Crippen LogP contribution in [0, 0.1) is 0 Å². The molecule has 120 valence electrons. The van der Waals surface area contributed by atoms with Gasteiger partial charge in [0.15, 0.2) is 0 Å². The molecule has 1 atom stereocenters. The van der Waals surface area contributed by atoms with Gasteiger partial charge in [-0.2, -0.15) is 0 Å². The van der Waals surface area contributed by atoms with Crippen LogP contribution in [0.2, 0.25) is 0 Å². The van der Waals surface area contributed by atoms with Crippen molar-refractivity contribution in [3.05, 3.63) is 71.8 Å². The lowest BCUT2D eigenvalue weighted by atomic mass is 10.1. The molecule has 3 rings (SSSR count). The standard InChI is InChI=1S/C20H24N2O/c1-21(15-17-9-4-2-5-10-17)20(23)19-13-8-14-22(19)16-18-11-6-3-7-12-18/h2-7,9-12,19H,8,13-16H2,1H3. The first-order valence-electron chi connectivity index (χ1n) is 8.31. The Morgan fingerprint density at radius 2 is 1.65 bits per heavy atom. The lowest BCUT2D eigenvalue weighted by Gasteiger charge is -2.28. The highest BCUT2D eigenvalue weighted by molar-refractivity contribution is 5.82. The van der Waals surface area contributed by atoms with Gasteiger partial charge in [0.05, 0.1) is 6.04 Å². The topological polar surface area (TPSA) is 23.6 Å². The normalized spacial score (nSPS) is 18.0. The Labute approximate surface area is 138 Å². The molecule has 1 amide bonds. The number of likely N-dealkylation sites (tertiary alicyclic amines) is 1. The summed E-state index contributed by atoms with van der Waals surface area (Å²) in [7, 11) is 1.91. The van der Waals surface area contributed by atoms with Crippen LogP contribution in [0.5, 0.6) is 0 Å². The zero-order valence-corrected chi connectivity index (χ0v) is 13.7. The molecule has 0 spiro atoms. The Balaban J connectivity index is 1.63. The summed E-state index contributed by atoms with van der Waals surface area (Å²) < 4.78 is 0. The predicted octanol–water partition coefficient (Wildman–Crippen LogP) is 3.31. The van der Waals surface area contributed by atoms with E-state index < -0.39 is 0 Å². The maximum absolute atomic E-state index is 12.8. The maximum Gasteiger partial charge on any atom is 0.239 e. The van der Waals surface area contributed by atoms with Crippen LogP contribution in [0.1, 0.15) is 24.0 Å². The third kappa shape index (κ3) is 3.99. The van der Waals surface area contributed by atoms with E-state index in [4.69, 9.17) is 0 Å². The van der Waals surface area contributed by atoms with Crippen LogP contribution in [0.4, 0.5) is 0 Å². The first-order chi connectivity index (χ1) is 11.2. The minimum atomic E-state index is 0.0175. The highest BCUT2D eigenvalue weighted by atomic mass is 16.2. The molecule has 0 bridgehead atoms. The van der Waals surface area contributed by atoms with E-state index in [1.54, 1.807) is 0 Å². The molecule has 0 saturated carbocycles. The van der Waals surface area contributed by atoms with Gasteiger partial charge in [0.1, 0.15) is 0 Å². The summed E-state index contributed by atoms with van der Waals surface area (Å²) in [6.07, 6.45) is 2.06. The van der Waals surface area contributed by atoms with Crippen molar-refractivity contribution in [1.82, 2.24) is 9.80 Å². The number of hydrogen-bond acceptors (Lipinski definition) is 2. The number of benzene rings is 2. The van der Waals surface area contributed by atoms with Gasteiger partial charge in [-0.3, -0.25) is 9.69 Å². The zero-order valence-electron chi connectivity index (χ0n) is 13.7. The molecule has 3 nitrogen and oxygen atoms in total. The number of rotatable bonds is 5. The van der Waals surface area contributed by atoms with Crippen LogP contribution < -0.4 is 0 Å². The Morgan fingerprint density at radius 3 is 2.30 bits per heavy atom. The zero-order chi connectivity index (χ0) is 16.1. The van der Waals surface area contributed by atoms with E-state index in [9.17, 15) is 4.79 Å².